The largest absolute Gasteiger partial charge is 0.309 e. The van der Waals surface area contributed by atoms with Crippen molar-refractivity contribution in [3.05, 3.63) is 350 Å². The first-order valence-electron chi connectivity index (χ1n) is 41.1. The van der Waals surface area contributed by atoms with Crippen molar-refractivity contribution in [3.63, 3.8) is 0 Å². The van der Waals surface area contributed by atoms with Gasteiger partial charge in [-0.2, -0.15) is 0 Å². The molecule has 10 aliphatic rings. The maximum absolute atomic E-state index is 2.59. The van der Waals surface area contributed by atoms with Gasteiger partial charge >= 0.3 is 0 Å². The van der Waals surface area contributed by atoms with Crippen molar-refractivity contribution >= 4 is 86.7 Å². The first-order valence-corrected chi connectivity index (χ1v) is 41.1. The Morgan fingerprint density at radius 1 is 0.191 bits per heavy atom. The Morgan fingerprint density at radius 3 is 0.855 bits per heavy atom. The topological polar surface area (TPSA) is 9.86 Å². The number of para-hydroxylation sites is 4. The molecule has 2 nitrogen and oxygen atoms in total. The first-order chi connectivity index (χ1) is 54.5. The van der Waals surface area contributed by atoms with Crippen LogP contribution in [0.2, 0.25) is 0 Å². The van der Waals surface area contributed by atoms with E-state index >= 15 is 0 Å². The van der Waals surface area contributed by atoms with Crippen LogP contribution in [0.15, 0.2) is 328 Å². The number of aromatic nitrogens is 2. The van der Waals surface area contributed by atoms with Crippen molar-refractivity contribution in [2.24, 2.45) is 47.3 Å². The minimum absolute atomic E-state index is 0.187. The van der Waals surface area contributed by atoms with E-state index in [1.807, 2.05) is 0 Å². The highest BCUT2D eigenvalue weighted by Gasteiger charge is 2.63. The Morgan fingerprint density at radius 2 is 0.464 bits per heavy atom. The molecule has 8 saturated carbocycles. The van der Waals surface area contributed by atoms with Crippen LogP contribution in [0.1, 0.15) is 86.5 Å². The summed E-state index contributed by atoms with van der Waals surface area (Å²) in [6.45, 7) is 0. The molecular weight excluding hydrogens is 1330 g/mol. The summed E-state index contributed by atoms with van der Waals surface area (Å²) < 4.78 is 4.85. The van der Waals surface area contributed by atoms with Gasteiger partial charge < -0.3 is 9.13 Å². The lowest BCUT2D eigenvalue weighted by Crippen LogP contribution is -2.55. The molecule has 0 radical (unpaired) electrons. The first kappa shape index (κ1) is 62.1. The van der Waals surface area contributed by atoms with Gasteiger partial charge in [0.15, 0.2) is 0 Å². The minimum atomic E-state index is 0.187. The SMILES string of the molecule is c1ccc(-n2c3ccccc3c3ccc(-c4c5ccccc5c(-c5ccc6c(c5)-c5ccccc5C65C6CC7CC(C6)CC5C7)c5ccccc45)cc32)cc1.c1ccc2c(c1)-c1cc(-c3c4ccccc4c(-c4ccc(-n5c6ccccc6c6ccccc65)cc4)c4ccccc34)ccc1C21C2CC3CC(C2)CC1C3. The number of fused-ring (bicyclic) bond motifs is 16. The Bertz CT molecular complexity index is 6710. The summed E-state index contributed by atoms with van der Waals surface area (Å²) in [5, 5.41) is 15.6. The zero-order valence-corrected chi connectivity index (χ0v) is 61.8. The van der Waals surface area contributed by atoms with Gasteiger partial charge in [0.25, 0.3) is 0 Å². The van der Waals surface area contributed by atoms with E-state index in [-0.39, 0.29) is 10.8 Å². The average Bonchev–Trinajstić information content (AvgIpc) is 1.50. The fraction of sp³-hybridized carbons (Fsp3) is 0.185. The average molecular weight is 1410 g/mol. The number of hydrogen-bond donors (Lipinski definition) is 0. The smallest absolute Gasteiger partial charge is 0.0547 e. The number of nitrogens with zero attached hydrogens (tertiary/aromatic N) is 2. The van der Waals surface area contributed by atoms with E-state index in [2.05, 4.69) is 337 Å². The highest BCUT2D eigenvalue weighted by atomic mass is 15.0. The molecule has 8 fully saturated rings. The molecule has 18 aromatic rings. The lowest BCUT2D eigenvalue weighted by Gasteiger charge is -2.61. The van der Waals surface area contributed by atoms with Gasteiger partial charge in [-0.25, -0.2) is 0 Å². The third-order valence-electron chi connectivity index (χ3n) is 29.5. The molecule has 0 saturated heterocycles. The summed E-state index contributed by atoms with van der Waals surface area (Å²) in [6.07, 6.45) is 14.3. The van der Waals surface area contributed by atoms with Crippen molar-refractivity contribution in [1.29, 1.82) is 0 Å². The van der Waals surface area contributed by atoms with Crippen LogP contribution >= 0.6 is 0 Å². The van der Waals surface area contributed by atoms with Gasteiger partial charge in [-0.3, -0.25) is 0 Å². The predicted molar refractivity (Wildman–Crippen MR) is 460 cm³/mol. The molecule has 10 aliphatic carbocycles. The fourth-order valence-electron chi connectivity index (χ4n) is 26.1. The van der Waals surface area contributed by atoms with Crippen molar-refractivity contribution in [3.8, 4) is 78.1 Å². The Labute approximate surface area is 641 Å². The summed E-state index contributed by atoms with van der Waals surface area (Å²) in [6, 6.07) is 125. The van der Waals surface area contributed by atoms with Crippen LogP contribution in [0.5, 0.6) is 0 Å². The molecule has 16 aromatic carbocycles. The second kappa shape index (κ2) is 23.3. The van der Waals surface area contributed by atoms with Gasteiger partial charge in [-0.1, -0.05) is 267 Å². The van der Waals surface area contributed by atoms with E-state index in [4.69, 9.17) is 0 Å². The summed E-state index contributed by atoms with van der Waals surface area (Å²) in [5.74, 6) is 6.89. The molecule has 2 aromatic heterocycles. The third-order valence-corrected chi connectivity index (χ3v) is 29.5. The molecule has 0 atom stereocenters. The zero-order chi connectivity index (χ0) is 71.7. The molecule has 0 aliphatic heterocycles. The lowest BCUT2D eigenvalue weighted by atomic mass is 9.43. The highest BCUT2D eigenvalue weighted by Crippen LogP contribution is 2.72. The van der Waals surface area contributed by atoms with Gasteiger partial charge in [0, 0.05) is 43.7 Å². The quantitative estimate of drug-likeness (QED) is 0.147. The van der Waals surface area contributed by atoms with Gasteiger partial charge in [-0.15, -0.1) is 0 Å². The van der Waals surface area contributed by atoms with Crippen LogP contribution in [0.3, 0.4) is 0 Å². The third kappa shape index (κ3) is 8.50. The summed E-state index contributed by atoms with van der Waals surface area (Å²) in [5.41, 5.74) is 30.6. The Balaban J connectivity index is 0.000000126. The number of hydrogen-bond acceptors (Lipinski definition) is 0. The van der Waals surface area contributed by atoms with Gasteiger partial charge in [0.05, 0.1) is 22.1 Å². The van der Waals surface area contributed by atoms with E-state index in [0.717, 1.165) is 47.3 Å². The minimum Gasteiger partial charge on any atom is -0.309 e. The van der Waals surface area contributed by atoms with Crippen molar-refractivity contribution in [2.45, 2.75) is 75.0 Å². The molecule has 0 unspecified atom stereocenters. The Hall–Kier alpha value is -11.8. The molecule has 2 heteroatoms. The predicted octanol–water partition coefficient (Wildman–Crippen LogP) is 28.3. The van der Waals surface area contributed by atoms with Gasteiger partial charge in [0.1, 0.15) is 0 Å². The standard InChI is InChI=1S/2C54H41N/c1-3-16-45-43(14-1)52(35-21-24-39(25-22-35)55-50-19-9-6-12-41(50)42-13-7-10-20-51(42)55)44-15-2-4-17-46(44)53(45)36-23-26-49-47(32-36)40-11-5-8-18-48(40)54(49)37-28-33-27-34(30-37)31-38(54)29-33;1-2-12-39(13-3-1)55-50-21-11-9-15-41(50)42-24-22-36(32-51(42)55)53-45-18-6-4-16-43(45)52(44-17-5-7-19-46(44)53)35-23-25-49-47(31-35)40-14-8-10-20-48(40)54(49)37-27-33-26-34(29-37)30-38(54)28-33/h1-26,32-34,37-38H,27-31H2;1-25,31-34,37-38H,26-30H2. The van der Waals surface area contributed by atoms with Crippen LogP contribution in [0.25, 0.3) is 165 Å². The van der Waals surface area contributed by atoms with E-state index < -0.39 is 0 Å². The Kier molecular flexibility index (Phi) is 13.2. The molecule has 8 bridgehead atoms. The van der Waals surface area contributed by atoms with Crippen LogP contribution in [-0.2, 0) is 10.8 Å². The summed E-state index contributed by atoms with van der Waals surface area (Å²) >= 11 is 0. The van der Waals surface area contributed by atoms with Gasteiger partial charge in [0.2, 0.25) is 0 Å². The van der Waals surface area contributed by atoms with Gasteiger partial charge in [-0.05, 0) is 304 Å². The molecule has 28 rings (SSSR count). The zero-order valence-electron chi connectivity index (χ0n) is 61.8. The molecular formula is C108H82N2. The molecule has 2 spiro atoms. The molecule has 2 heterocycles. The monoisotopic (exact) mass is 1410 g/mol. The summed E-state index contributed by atoms with van der Waals surface area (Å²) in [4.78, 5) is 0. The molecule has 0 amide bonds. The van der Waals surface area contributed by atoms with Crippen molar-refractivity contribution in [2.75, 3.05) is 0 Å². The second-order valence-corrected chi connectivity index (χ2v) is 34.5. The van der Waals surface area contributed by atoms with Crippen LogP contribution in [0.4, 0.5) is 0 Å². The molecule has 524 valence electrons. The fourth-order valence-corrected chi connectivity index (χ4v) is 26.1. The highest BCUT2D eigenvalue weighted by molar-refractivity contribution is 6.24. The van der Waals surface area contributed by atoms with E-state index in [9.17, 15) is 0 Å². The van der Waals surface area contributed by atoms with E-state index in [1.165, 1.54) is 229 Å². The second-order valence-electron chi connectivity index (χ2n) is 34.5. The molecule has 110 heavy (non-hydrogen) atoms. The summed E-state index contributed by atoms with van der Waals surface area (Å²) in [7, 11) is 0. The van der Waals surface area contributed by atoms with Crippen molar-refractivity contribution < 1.29 is 0 Å². The van der Waals surface area contributed by atoms with Crippen molar-refractivity contribution in [1.82, 2.24) is 9.13 Å². The maximum Gasteiger partial charge on any atom is 0.0547 e. The van der Waals surface area contributed by atoms with Crippen LogP contribution in [0, 0.1) is 47.3 Å². The maximum atomic E-state index is 2.59. The van der Waals surface area contributed by atoms with E-state index in [0.29, 0.717) is 0 Å². The molecule has 0 N–H and O–H groups in total. The van der Waals surface area contributed by atoms with Crippen LogP contribution < -0.4 is 0 Å². The van der Waals surface area contributed by atoms with Crippen LogP contribution in [-0.4, -0.2) is 9.13 Å². The lowest BCUT2D eigenvalue weighted by molar-refractivity contribution is -0.0399. The van der Waals surface area contributed by atoms with E-state index in [1.54, 1.807) is 22.3 Å². The normalized spacial score (nSPS) is 23.3. The number of rotatable bonds is 6. The number of benzene rings is 16.